The van der Waals surface area contributed by atoms with Crippen molar-refractivity contribution in [2.45, 2.75) is 99.0 Å². The number of nitrogens with one attached hydrogen (secondary N) is 1. The van der Waals surface area contributed by atoms with E-state index in [0.717, 1.165) is 56.1 Å². The minimum Gasteiger partial charge on any atom is -0.497 e. The molecule has 0 aromatic heterocycles. The largest absolute Gasteiger partial charge is 0.497 e. The minimum atomic E-state index is -0.705. The van der Waals surface area contributed by atoms with Crippen molar-refractivity contribution in [3.05, 3.63) is 70.2 Å². The molecule has 3 fully saturated rings. The second kappa shape index (κ2) is 11.0. The number of ketones is 2. The van der Waals surface area contributed by atoms with Crippen molar-refractivity contribution >= 4 is 23.5 Å². The maximum absolute atomic E-state index is 14.8. The zero-order valence-electron chi connectivity index (χ0n) is 29.8. The van der Waals surface area contributed by atoms with Crippen LogP contribution in [0.2, 0.25) is 0 Å². The molecule has 0 unspecified atom stereocenters. The Morgan fingerprint density at radius 3 is 2.31 bits per heavy atom. The number of methoxy groups -OCH3 is 1. The molecule has 0 aliphatic heterocycles. The summed E-state index contributed by atoms with van der Waals surface area (Å²) in [6.07, 6.45) is 11.0. The van der Waals surface area contributed by atoms with Crippen molar-refractivity contribution in [1.82, 2.24) is 5.32 Å². The number of hydrogen-bond donors (Lipinski definition) is 1. The van der Waals surface area contributed by atoms with Crippen molar-refractivity contribution in [3.63, 3.8) is 0 Å². The lowest BCUT2D eigenvalue weighted by atomic mass is 9.35. The number of hydrogen-bond acceptors (Lipinski definition) is 5. The predicted molar refractivity (Wildman–Crippen MR) is 185 cm³/mol. The number of rotatable bonds is 4. The molecule has 1 amide bonds. The Morgan fingerprint density at radius 2 is 1.69 bits per heavy atom. The lowest BCUT2D eigenvalue weighted by molar-refractivity contribution is -0.163. The fraction of sp³-hybridized carbons (Fsp3) is 0.585. The number of ether oxygens (including phenoxy) is 1. The molecule has 252 valence electrons. The Balaban J connectivity index is 1.42. The lowest BCUT2D eigenvalue weighted by Gasteiger charge is -2.69. The number of allylic oxidation sites excluding steroid dienone is 4. The summed E-state index contributed by atoms with van der Waals surface area (Å²) in [6, 6.07) is 9.37. The van der Waals surface area contributed by atoms with Crippen LogP contribution >= 0.6 is 0 Å². The Hall–Kier alpha value is -3.97. The van der Waals surface area contributed by atoms with Crippen LogP contribution in [0.5, 0.6) is 5.75 Å². The maximum Gasteiger partial charge on any atom is 0.262 e. The van der Waals surface area contributed by atoms with E-state index in [1.165, 1.54) is 0 Å². The molecule has 1 aromatic rings. The van der Waals surface area contributed by atoms with Crippen molar-refractivity contribution < 1.29 is 19.1 Å². The summed E-state index contributed by atoms with van der Waals surface area (Å²) in [5.41, 5.74) is -0.608. The second-order valence-corrected chi connectivity index (χ2v) is 17.3. The summed E-state index contributed by atoms with van der Waals surface area (Å²) in [4.78, 5) is 45.8. The topological polar surface area (TPSA) is 101 Å². The van der Waals surface area contributed by atoms with Crippen LogP contribution in [0.3, 0.4) is 0 Å². The first-order chi connectivity index (χ1) is 22.4. The first-order valence-corrected chi connectivity index (χ1v) is 17.4. The van der Waals surface area contributed by atoms with Gasteiger partial charge in [-0.1, -0.05) is 72.2 Å². The maximum atomic E-state index is 14.8. The summed E-state index contributed by atoms with van der Waals surface area (Å²) >= 11 is 0. The number of carbonyl (C=O) groups excluding carboxylic acids is 3. The molecule has 7 heteroatoms. The van der Waals surface area contributed by atoms with Crippen LogP contribution in [0, 0.1) is 62.7 Å². The van der Waals surface area contributed by atoms with Gasteiger partial charge in [-0.05, 0) is 103 Å². The molecule has 1 aromatic carbocycles. The number of nitriles is 1. The van der Waals surface area contributed by atoms with Gasteiger partial charge >= 0.3 is 0 Å². The van der Waals surface area contributed by atoms with Crippen molar-refractivity contribution in [2.75, 3.05) is 7.11 Å². The molecule has 0 heterocycles. The molecule has 5 aliphatic carbocycles. The zero-order chi connectivity index (χ0) is 35.1. The highest BCUT2D eigenvalue weighted by molar-refractivity contribution is 6.04. The molecule has 0 radical (unpaired) electrons. The van der Waals surface area contributed by atoms with Crippen LogP contribution in [-0.2, 0) is 14.4 Å². The molecule has 48 heavy (non-hydrogen) atoms. The number of amides is 1. The van der Waals surface area contributed by atoms with Crippen LogP contribution in [0.25, 0.3) is 10.9 Å². The van der Waals surface area contributed by atoms with E-state index < -0.39 is 22.3 Å². The number of fused-ring (bicyclic) bond motifs is 7. The quantitative estimate of drug-likeness (QED) is 0.203. The summed E-state index contributed by atoms with van der Waals surface area (Å²) < 4.78 is 5.25. The van der Waals surface area contributed by atoms with Gasteiger partial charge in [-0.15, -0.1) is 0 Å². The van der Waals surface area contributed by atoms with E-state index >= 15 is 0 Å². The van der Waals surface area contributed by atoms with Gasteiger partial charge in [-0.2, -0.15) is 5.26 Å². The summed E-state index contributed by atoms with van der Waals surface area (Å²) in [5, 5.41) is 13.5. The molecule has 3 saturated carbocycles. The number of carbonyl (C=O) groups is 3. The highest BCUT2D eigenvalue weighted by Gasteiger charge is 2.70. The standard InChI is InChI=1S/C41H49N3O4/c1-36(2)16-18-41(44-35(47)26(24-42)20-25-10-12-27(48-9)13-11-25)19-17-40(7)33(28(41)22-36)30(45)21-32-38(5)23-29(43-8)34(46)37(3,4)31(38)14-15-39(32,40)6/h10-13,20-21,23,28,31,33H,14-19,22H2,1-7,9H3,(H,44,47)/b26-20+/t28-,31-,33-,38-,39+,40+,41-/m0/s1. The molecule has 7 atom stereocenters. The predicted octanol–water partition coefficient (Wildman–Crippen LogP) is 8.04. The molecular weight excluding hydrogens is 598 g/mol. The fourth-order valence-corrected chi connectivity index (χ4v) is 11.1. The molecule has 7 nitrogen and oxygen atoms in total. The van der Waals surface area contributed by atoms with Gasteiger partial charge in [0, 0.05) is 22.3 Å². The van der Waals surface area contributed by atoms with Crippen molar-refractivity contribution in [2.24, 2.45) is 44.8 Å². The van der Waals surface area contributed by atoms with Gasteiger partial charge in [0.15, 0.2) is 11.6 Å². The molecule has 0 saturated heterocycles. The molecule has 6 rings (SSSR count). The van der Waals surface area contributed by atoms with Crippen LogP contribution < -0.4 is 10.1 Å². The summed E-state index contributed by atoms with van der Waals surface area (Å²) in [7, 11) is 1.59. The van der Waals surface area contributed by atoms with Crippen LogP contribution in [-0.4, -0.2) is 30.1 Å². The lowest BCUT2D eigenvalue weighted by Crippen LogP contribution is -2.69. The third-order valence-corrected chi connectivity index (χ3v) is 14.0. The minimum absolute atomic E-state index is 0.00671. The monoisotopic (exact) mass is 647 g/mol. The van der Waals surface area contributed by atoms with Gasteiger partial charge in [-0.25, -0.2) is 4.85 Å². The highest BCUT2D eigenvalue weighted by Crippen LogP contribution is 2.73. The van der Waals surface area contributed by atoms with Gasteiger partial charge in [0.25, 0.3) is 5.91 Å². The van der Waals surface area contributed by atoms with E-state index in [9.17, 15) is 19.6 Å². The molecule has 1 N–H and O–H groups in total. The molecular formula is C41H49N3O4. The van der Waals surface area contributed by atoms with Gasteiger partial charge in [0.05, 0.1) is 13.7 Å². The SMILES string of the molecule is [C-]#[N+]C1=C[C@]2(C)C3=CC(=O)[C@@H]4[C@@H]5CC(C)(C)CC[C@]5(NC(=O)/C(C#N)=C/c5ccc(OC)cc5)CC[C@@]4(C)[C@]3(C)CC[C@H]2C(C)(C)C1=O. The van der Waals surface area contributed by atoms with Crippen molar-refractivity contribution in [3.8, 4) is 11.8 Å². The molecule has 0 spiro atoms. The average molecular weight is 648 g/mol. The Labute approximate surface area is 285 Å². The first kappa shape index (κ1) is 33.9. The first-order valence-electron chi connectivity index (χ1n) is 17.4. The highest BCUT2D eigenvalue weighted by atomic mass is 16.5. The van der Waals surface area contributed by atoms with Crippen LogP contribution in [0.1, 0.15) is 99.0 Å². The third-order valence-electron chi connectivity index (χ3n) is 14.0. The van der Waals surface area contributed by atoms with E-state index in [4.69, 9.17) is 11.3 Å². The summed E-state index contributed by atoms with van der Waals surface area (Å²) in [6.45, 7) is 23.0. The average Bonchev–Trinajstić information content (AvgIpc) is 3.03. The van der Waals surface area contributed by atoms with Gasteiger partial charge in [-0.3, -0.25) is 9.59 Å². The van der Waals surface area contributed by atoms with E-state index in [1.54, 1.807) is 25.3 Å². The Bertz CT molecular complexity index is 1770. The fourth-order valence-electron chi connectivity index (χ4n) is 11.1. The van der Waals surface area contributed by atoms with E-state index in [2.05, 4.69) is 50.8 Å². The molecule has 5 aliphatic rings. The molecule has 0 bridgehead atoms. The van der Waals surface area contributed by atoms with E-state index in [1.807, 2.05) is 38.1 Å². The Kier molecular flexibility index (Phi) is 7.79. The van der Waals surface area contributed by atoms with Crippen molar-refractivity contribution in [1.29, 1.82) is 5.26 Å². The van der Waals surface area contributed by atoms with Gasteiger partial charge < -0.3 is 14.8 Å². The third kappa shape index (κ3) is 4.75. The number of nitrogens with zero attached hydrogens (tertiary/aromatic N) is 2. The van der Waals surface area contributed by atoms with Gasteiger partial charge in [0.1, 0.15) is 17.4 Å². The smallest absolute Gasteiger partial charge is 0.262 e. The summed E-state index contributed by atoms with van der Waals surface area (Å²) in [5.74, 6) is -0.125. The van der Waals surface area contributed by atoms with Crippen LogP contribution in [0.4, 0.5) is 0 Å². The normalized spacial score (nSPS) is 38.0. The number of Topliss-reactive ketones (excluding diaryl/α,β-unsaturated/α-hetero) is 1. The van der Waals surface area contributed by atoms with E-state index in [-0.39, 0.29) is 56.8 Å². The van der Waals surface area contributed by atoms with Crippen LogP contribution in [0.15, 0.2) is 53.3 Å². The Morgan fingerprint density at radius 1 is 1.02 bits per heavy atom. The second-order valence-electron chi connectivity index (χ2n) is 17.3. The van der Waals surface area contributed by atoms with Gasteiger partial charge in [0.2, 0.25) is 5.70 Å². The zero-order valence-corrected chi connectivity index (χ0v) is 29.8. The van der Waals surface area contributed by atoms with E-state index in [0.29, 0.717) is 5.75 Å². The number of benzene rings is 1.